The number of methoxy groups -OCH3 is 1. The summed E-state index contributed by atoms with van der Waals surface area (Å²) in [5.74, 6) is 1.52. The summed E-state index contributed by atoms with van der Waals surface area (Å²) in [5.41, 5.74) is -0.700. The van der Waals surface area contributed by atoms with Crippen LogP contribution in [-0.4, -0.2) is 96.9 Å². The molecule has 0 bridgehead atoms. The van der Waals surface area contributed by atoms with Gasteiger partial charge in [0.15, 0.2) is 11.6 Å². The van der Waals surface area contributed by atoms with Gasteiger partial charge in [-0.25, -0.2) is 0 Å². The standard InChI is InChI=1S/C18H30N2O4.C17H28N2O4/c1-17(2,12-22-5)16-11-14(20-24-16)10-15(21)18(3,4)19-13-6-8-23-9-7-13;1-16(2,11-20)15-10-13(19-23-15)9-14(21)17(3,4)18-12-5-7-22-8-6-12/h11,13,19H,6-10,12H2,1-5H3;10,12,18,20H,5-9,11H2,1-4H3. The van der Waals surface area contributed by atoms with Crippen LogP contribution in [0.15, 0.2) is 21.2 Å². The predicted octanol–water partition coefficient (Wildman–Crippen LogP) is 3.86. The van der Waals surface area contributed by atoms with Crippen molar-refractivity contribution in [3.8, 4) is 0 Å². The minimum absolute atomic E-state index is 0.0353. The smallest absolute Gasteiger partial charge is 0.158 e. The van der Waals surface area contributed by atoms with Crippen molar-refractivity contribution in [1.29, 1.82) is 0 Å². The van der Waals surface area contributed by atoms with Crippen molar-refractivity contribution in [3.63, 3.8) is 0 Å². The Morgan fingerprint density at radius 3 is 1.49 bits per heavy atom. The van der Waals surface area contributed by atoms with Crippen LogP contribution in [0, 0.1) is 0 Å². The second-order valence-corrected chi connectivity index (χ2v) is 15.2. The van der Waals surface area contributed by atoms with Crippen molar-refractivity contribution >= 4 is 11.6 Å². The number of hydrogen-bond donors (Lipinski definition) is 3. The van der Waals surface area contributed by atoms with Gasteiger partial charge < -0.3 is 39.0 Å². The summed E-state index contributed by atoms with van der Waals surface area (Å²) < 4.78 is 26.6. The molecule has 2 aliphatic heterocycles. The molecule has 2 saturated heterocycles. The molecular formula is C35H58N4O8. The van der Waals surface area contributed by atoms with Crippen LogP contribution < -0.4 is 10.6 Å². The van der Waals surface area contributed by atoms with E-state index in [1.807, 2.05) is 61.5 Å². The minimum Gasteiger partial charge on any atom is -0.395 e. The van der Waals surface area contributed by atoms with Crippen LogP contribution in [0.25, 0.3) is 0 Å². The van der Waals surface area contributed by atoms with Crippen LogP contribution >= 0.6 is 0 Å². The highest BCUT2D eigenvalue weighted by Gasteiger charge is 2.34. The normalized spacial score (nSPS) is 17.3. The number of ketones is 2. The van der Waals surface area contributed by atoms with Gasteiger partial charge in [0.25, 0.3) is 0 Å². The monoisotopic (exact) mass is 662 g/mol. The number of hydrogen-bond acceptors (Lipinski definition) is 12. The quantitative estimate of drug-likeness (QED) is 0.253. The summed E-state index contributed by atoms with van der Waals surface area (Å²) in [4.78, 5) is 25.3. The molecule has 2 aliphatic rings. The van der Waals surface area contributed by atoms with Crippen LogP contribution in [0.4, 0.5) is 0 Å². The Morgan fingerprint density at radius 2 is 1.13 bits per heavy atom. The number of aliphatic hydroxyl groups is 1. The zero-order chi connectivity index (χ0) is 34.9. The number of rotatable bonds is 15. The number of ether oxygens (including phenoxy) is 3. The SMILES string of the molecule is CC(C)(NC1CCOCC1)C(=O)Cc1cc(C(C)(C)CO)on1.COCC(C)(C)c1cc(CC(=O)C(C)(C)NC2CCOCC2)no1. The van der Waals surface area contributed by atoms with Gasteiger partial charge in [0, 0.05) is 68.6 Å². The number of carbonyl (C=O) groups excluding carboxylic acids is 2. The third-order valence-electron chi connectivity index (χ3n) is 9.00. The second-order valence-electron chi connectivity index (χ2n) is 15.2. The zero-order valence-corrected chi connectivity index (χ0v) is 30.0. The number of aliphatic hydroxyl groups excluding tert-OH is 1. The number of carbonyl (C=O) groups is 2. The van der Waals surface area contributed by atoms with Gasteiger partial charge in [-0.1, -0.05) is 38.0 Å². The van der Waals surface area contributed by atoms with Crippen molar-refractivity contribution < 1.29 is 38.0 Å². The lowest BCUT2D eigenvalue weighted by atomic mass is 9.90. The molecule has 266 valence electrons. The van der Waals surface area contributed by atoms with Crippen molar-refractivity contribution in [1.82, 2.24) is 20.9 Å². The maximum absolute atomic E-state index is 12.7. The van der Waals surface area contributed by atoms with Crippen LogP contribution in [0.5, 0.6) is 0 Å². The lowest BCUT2D eigenvalue weighted by Crippen LogP contribution is -2.53. The van der Waals surface area contributed by atoms with Gasteiger partial charge in [-0.2, -0.15) is 0 Å². The van der Waals surface area contributed by atoms with E-state index in [0.717, 1.165) is 57.9 Å². The van der Waals surface area contributed by atoms with Gasteiger partial charge in [0.2, 0.25) is 0 Å². The molecule has 0 atom stereocenters. The van der Waals surface area contributed by atoms with E-state index in [9.17, 15) is 14.7 Å². The fourth-order valence-electron chi connectivity index (χ4n) is 5.57. The van der Waals surface area contributed by atoms with E-state index in [2.05, 4.69) is 20.9 Å². The van der Waals surface area contributed by atoms with Gasteiger partial charge in [-0.15, -0.1) is 0 Å². The van der Waals surface area contributed by atoms with E-state index in [0.29, 0.717) is 35.8 Å². The van der Waals surface area contributed by atoms with Gasteiger partial charge in [0.1, 0.15) is 11.5 Å². The van der Waals surface area contributed by atoms with Gasteiger partial charge in [0.05, 0.1) is 48.5 Å². The maximum atomic E-state index is 12.7. The highest BCUT2D eigenvalue weighted by molar-refractivity contribution is 5.89. The van der Waals surface area contributed by atoms with E-state index in [1.165, 1.54) is 0 Å². The molecular weight excluding hydrogens is 604 g/mol. The number of aromatic nitrogens is 2. The average Bonchev–Trinajstić information content (AvgIpc) is 3.69. The summed E-state index contributed by atoms with van der Waals surface area (Å²) in [6, 6.07) is 4.26. The molecule has 12 heteroatoms. The van der Waals surface area contributed by atoms with E-state index in [4.69, 9.17) is 23.3 Å². The first-order valence-corrected chi connectivity index (χ1v) is 16.8. The highest BCUT2D eigenvalue weighted by Crippen LogP contribution is 2.26. The molecule has 2 fully saturated rings. The molecule has 0 saturated carbocycles. The second kappa shape index (κ2) is 16.8. The predicted molar refractivity (Wildman–Crippen MR) is 178 cm³/mol. The lowest BCUT2D eigenvalue weighted by molar-refractivity contribution is -0.125. The van der Waals surface area contributed by atoms with E-state index < -0.39 is 16.5 Å². The number of nitrogens with zero attached hydrogens (tertiary/aromatic N) is 2. The topological polar surface area (TPSA) is 158 Å². The van der Waals surface area contributed by atoms with E-state index in [1.54, 1.807) is 13.2 Å². The van der Waals surface area contributed by atoms with Crippen LogP contribution in [0.3, 0.4) is 0 Å². The van der Waals surface area contributed by atoms with Crippen molar-refractivity contribution in [2.45, 2.75) is 128 Å². The highest BCUT2D eigenvalue weighted by atomic mass is 16.5. The first kappa shape index (κ1) is 39.0. The molecule has 4 heterocycles. The van der Waals surface area contributed by atoms with E-state index in [-0.39, 0.29) is 36.4 Å². The van der Waals surface area contributed by atoms with E-state index >= 15 is 0 Å². The van der Waals surface area contributed by atoms with Crippen LogP contribution in [0.1, 0.15) is 104 Å². The van der Waals surface area contributed by atoms with Gasteiger partial charge in [-0.3, -0.25) is 9.59 Å². The minimum atomic E-state index is -0.617. The first-order valence-electron chi connectivity index (χ1n) is 16.8. The molecule has 0 unspecified atom stereocenters. The summed E-state index contributed by atoms with van der Waals surface area (Å²) in [6.45, 7) is 19.0. The molecule has 0 amide bonds. The molecule has 0 aliphatic carbocycles. The van der Waals surface area contributed by atoms with Gasteiger partial charge in [-0.05, 0) is 53.4 Å². The fraction of sp³-hybridized carbons (Fsp3) is 0.771. The Balaban J connectivity index is 0.000000256. The zero-order valence-electron chi connectivity index (χ0n) is 30.0. The average molecular weight is 663 g/mol. The molecule has 0 spiro atoms. The van der Waals surface area contributed by atoms with Crippen LogP contribution in [-0.2, 0) is 47.5 Å². The third-order valence-corrected chi connectivity index (χ3v) is 9.00. The Kier molecular flexibility index (Phi) is 13.9. The number of nitrogens with one attached hydrogen (secondary N) is 2. The van der Waals surface area contributed by atoms with Crippen molar-refractivity contribution in [3.05, 3.63) is 35.0 Å². The molecule has 4 rings (SSSR count). The Hall–Kier alpha value is -2.48. The first-order chi connectivity index (χ1) is 22.0. The third kappa shape index (κ3) is 11.6. The molecule has 2 aromatic rings. The Labute approximate surface area is 280 Å². The molecule has 0 aromatic carbocycles. The Morgan fingerprint density at radius 1 is 0.745 bits per heavy atom. The summed E-state index contributed by atoms with van der Waals surface area (Å²) in [7, 11) is 1.66. The summed E-state index contributed by atoms with van der Waals surface area (Å²) >= 11 is 0. The largest absolute Gasteiger partial charge is 0.395 e. The molecule has 0 radical (unpaired) electrons. The summed E-state index contributed by atoms with van der Waals surface area (Å²) in [5, 5.41) is 24.3. The molecule has 3 N–H and O–H groups in total. The number of Topliss-reactive ketones (excluding diaryl/α,β-unsaturated/α-hetero) is 2. The van der Waals surface area contributed by atoms with Crippen LogP contribution in [0.2, 0.25) is 0 Å². The van der Waals surface area contributed by atoms with Crippen molar-refractivity contribution in [2.75, 3.05) is 46.8 Å². The lowest BCUT2D eigenvalue weighted by Gasteiger charge is -2.32. The Bertz CT molecular complexity index is 1270. The molecule has 2 aromatic heterocycles. The maximum Gasteiger partial charge on any atom is 0.158 e. The summed E-state index contributed by atoms with van der Waals surface area (Å²) in [6.07, 6.45) is 4.21. The molecule has 47 heavy (non-hydrogen) atoms. The van der Waals surface area contributed by atoms with Gasteiger partial charge >= 0.3 is 0 Å². The van der Waals surface area contributed by atoms with Crippen molar-refractivity contribution in [2.24, 2.45) is 0 Å². The fourth-order valence-corrected chi connectivity index (χ4v) is 5.57. The molecule has 12 nitrogen and oxygen atoms in total.